The molecule has 0 bridgehead atoms. The molecule has 13 rings (SSSR count). The fourth-order valence-corrected chi connectivity index (χ4v) is 11.7. The fourth-order valence-electron chi connectivity index (χ4n) is 11.7. The summed E-state index contributed by atoms with van der Waals surface area (Å²) in [5.41, 5.74) is 19.7. The third kappa shape index (κ3) is 5.41. The van der Waals surface area contributed by atoms with E-state index in [-0.39, 0.29) is 0 Å². The van der Waals surface area contributed by atoms with Crippen LogP contribution in [-0.4, -0.2) is 0 Å². The first-order chi connectivity index (χ1) is 32.2. The molecule has 0 saturated carbocycles. The maximum absolute atomic E-state index is 6.74. The van der Waals surface area contributed by atoms with E-state index in [0.717, 1.165) is 35.0 Å². The summed E-state index contributed by atoms with van der Waals surface area (Å²) in [5.74, 6) is 1.79. The van der Waals surface area contributed by atoms with Crippen molar-refractivity contribution < 1.29 is 4.74 Å². The van der Waals surface area contributed by atoms with Gasteiger partial charge in [0.1, 0.15) is 11.5 Å². The van der Waals surface area contributed by atoms with Gasteiger partial charge < -0.3 is 9.64 Å². The number of nitrogens with zero attached hydrogens (tertiary/aromatic N) is 1. The molecule has 4 aliphatic rings. The molecule has 0 fully saturated rings. The summed E-state index contributed by atoms with van der Waals surface area (Å²) in [4.78, 5) is 2.48. The minimum absolute atomic E-state index is 0.536. The van der Waals surface area contributed by atoms with Crippen molar-refractivity contribution in [1.82, 2.24) is 0 Å². The first-order valence-corrected chi connectivity index (χ1v) is 22.6. The first kappa shape index (κ1) is 37.4. The van der Waals surface area contributed by atoms with Gasteiger partial charge in [-0.3, -0.25) is 0 Å². The second-order valence-corrected chi connectivity index (χ2v) is 17.5. The Hall–Kier alpha value is -8.20. The molecule has 0 amide bonds. The maximum Gasteiger partial charge on any atom is 0.132 e. The van der Waals surface area contributed by atoms with E-state index >= 15 is 0 Å². The van der Waals surface area contributed by atoms with E-state index in [1.54, 1.807) is 0 Å². The van der Waals surface area contributed by atoms with Gasteiger partial charge >= 0.3 is 0 Å². The van der Waals surface area contributed by atoms with Crippen LogP contribution < -0.4 is 9.64 Å². The molecule has 0 unspecified atom stereocenters. The number of anilines is 3. The smallest absolute Gasteiger partial charge is 0.132 e. The Morgan fingerprint density at radius 2 is 0.862 bits per heavy atom. The molecule has 0 aromatic heterocycles. The van der Waals surface area contributed by atoms with Gasteiger partial charge in [0.2, 0.25) is 0 Å². The number of rotatable bonds is 6. The van der Waals surface area contributed by atoms with Gasteiger partial charge in [0.25, 0.3) is 0 Å². The fraction of sp³-hybridized carbons (Fsp3) is 0.0476. The predicted molar refractivity (Wildman–Crippen MR) is 267 cm³/mol. The largest absolute Gasteiger partial charge is 0.457 e. The lowest BCUT2D eigenvalue weighted by atomic mass is 9.65. The Balaban J connectivity index is 1.08. The molecule has 1 heterocycles. The van der Waals surface area contributed by atoms with Gasteiger partial charge in [-0.2, -0.15) is 0 Å². The molecule has 0 radical (unpaired) electrons. The molecule has 2 heteroatoms. The molecule has 1 spiro atoms. The van der Waals surface area contributed by atoms with E-state index < -0.39 is 10.8 Å². The molecular weight excluding hydrogens is 787 g/mol. The first-order valence-electron chi connectivity index (χ1n) is 22.6. The normalized spacial score (nSPS) is 15.2. The van der Waals surface area contributed by atoms with E-state index in [4.69, 9.17) is 4.74 Å². The van der Waals surface area contributed by atoms with Crippen molar-refractivity contribution in [2.24, 2.45) is 0 Å². The van der Waals surface area contributed by atoms with Gasteiger partial charge in [-0.25, -0.2) is 0 Å². The van der Waals surface area contributed by atoms with Crippen molar-refractivity contribution in [1.29, 1.82) is 0 Å². The Labute approximate surface area is 380 Å². The average molecular weight is 830 g/mol. The molecule has 0 atom stereocenters. The van der Waals surface area contributed by atoms with Crippen LogP contribution >= 0.6 is 0 Å². The quantitative estimate of drug-likeness (QED) is 0.166. The second kappa shape index (κ2) is 14.7. The van der Waals surface area contributed by atoms with Crippen LogP contribution in [0.5, 0.6) is 11.5 Å². The van der Waals surface area contributed by atoms with Crippen LogP contribution in [0.15, 0.2) is 254 Å². The zero-order valence-electron chi connectivity index (χ0n) is 35.7. The molecule has 0 N–H and O–H groups in total. The Kier molecular flexibility index (Phi) is 8.44. The van der Waals surface area contributed by atoms with E-state index in [2.05, 4.69) is 254 Å². The number of allylic oxidation sites excluding steroid dienone is 6. The van der Waals surface area contributed by atoms with Gasteiger partial charge in [-0.15, -0.1) is 0 Å². The summed E-state index contributed by atoms with van der Waals surface area (Å²) in [7, 11) is 0. The average Bonchev–Trinajstić information content (AvgIpc) is 3.66. The Morgan fingerprint density at radius 1 is 0.369 bits per heavy atom. The van der Waals surface area contributed by atoms with Crippen LogP contribution in [0.4, 0.5) is 17.1 Å². The Morgan fingerprint density at radius 3 is 1.51 bits per heavy atom. The number of hydrogen-bond donors (Lipinski definition) is 0. The molecule has 9 aromatic carbocycles. The van der Waals surface area contributed by atoms with Crippen LogP contribution in [0.3, 0.4) is 0 Å². The van der Waals surface area contributed by atoms with Crippen LogP contribution in [0, 0.1) is 0 Å². The van der Waals surface area contributed by atoms with Gasteiger partial charge in [0, 0.05) is 28.2 Å². The third-order valence-corrected chi connectivity index (χ3v) is 14.3. The molecule has 65 heavy (non-hydrogen) atoms. The number of benzene rings is 9. The standard InChI is InChI=1S/C63H43NO/c1-5-19-43(20-6-1)44-33-35-47(36-34-44)64(48-37-39-52-50-26-13-14-28-54(50)62(58(52)41-48,45-21-7-2-8-22-45)46-23-9-3-10-24-46)49-38-40-53-51-25-11-4-12-27-55(51)63(59(53)42-49)56-29-15-17-31-60(56)65-61-32-18-16-30-57(61)63/h1-24,26-42H,25H2. The number of para-hydroxylation sites is 2. The van der Waals surface area contributed by atoms with E-state index in [1.807, 2.05) is 0 Å². The van der Waals surface area contributed by atoms with E-state index in [9.17, 15) is 0 Å². The second-order valence-electron chi connectivity index (χ2n) is 17.5. The monoisotopic (exact) mass is 829 g/mol. The van der Waals surface area contributed by atoms with Crippen molar-refractivity contribution >= 4 is 22.6 Å². The third-order valence-electron chi connectivity index (χ3n) is 14.3. The van der Waals surface area contributed by atoms with Crippen LogP contribution in [-0.2, 0) is 10.8 Å². The molecule has 306 valence electrons. The zero-order chi connectivity index (χ0) is 43.0. The molecule has 9 aromatic rings. The number of hydrogen-bond acceptors (Lipinski definition) is 2. The minimum atomic E-state index is -0.590. The highest BCUT2D eigenvalue weighted by Gasteiger charge is 2.52. The van der Waals surface area contributed by atoms with Crippen LogP contribution in [0.1, 0.15) is 50.9 Å². The Bertz CT molecular complexity index is 3330. The lowest BCUT2D eigenvalue weighted by Crippen LogP contribution is -2.33. The van der Waals surface area contributed by atoms with Crippen molar-refractivity contribution in [3.8, 4) is 33.8 Å². The number of fused-ring (bicyclic) bond motifs is 11. The summed E-state index contributed by atoms with van der Waals surface area (Å²) >= 11 is 0. The maximum atomic E-state index is 6.74. The SMILES string of the molecule is C1=CCC2=C(C=C1)C1(c3ccccc3Oc3ccccc31)c1cc(N(c3ccc(-c4ccccc4)cc3)c3ccc4c(c3)C(c3ccccc3)(c3ccccc3)c3ccccc3-4)ccc12. The van der Waals surface area contributed by atoms with E-state index in [1.165, 1.54) is 77.9 Å². The predicted octanol–water partition coefficient (Wildman–Crippen LogP) is 15.9. The van der Waals surface area contributed by atoms with E-state index in [0.29, 0.717) is 0 Å². The summed E-state index contributed by atoms with van der Waals surface area (Å²) in [6.45, 7) is 0. The summed E-state index contributed by atoms with van der Waals surface area (Å²) in [5, 5.41) is 0. The molecule has 0 saturated heterocycles. The molecule has 3 aliphatic carbocycles. The van der Waals surface area contributed by atoms with Gasteiger partial charge in [0.15, 0.2) is 0 Å². The molecule has 2 nitrogen and oxygen atoms in total. The molecule has 1 aliphatic heterocycles. The van der Waals surface area contributed by atoms with Crippen LogP contribution in [0.2, 0.25) is 0 Å². The lowest BCUT2D eigenvalue weighted by molar-refractivity contribution is 0.435. The highest BCUT2D eigenvalue weighted by atomic mass is 16.5. The van der Waals surface area contributed by atoms with Crippen molar-refractivity contribution in [2.45, 2.75) is 17.3 Å². The summed E-state index contributed by atoms with van der Waals surface area (Å²) in [6, 6.07) is 82.6. The van der Waals surface area contributed by atoms with Gasteiger partial charge in [-0.1, -0.05) is 200 Å². The minimum Gasteiger partial charge on any atom is -0.457 e. The highest BCUT2D eigenvalue weighted by Crippen LogP contribution is 2.63. The van der Waals surface area contributed by atoms with Crippen molar-refractivity contribution in [3.05, 3.63) is 299 Å². The zero-order valence-corrected chi connectivity index (χ0v) is 35.7. The lowest BCUT2D eigenvalue weighted by Gasteiger charge is -2.40. The van der Waals surface area contributed by atoms with Crippen molar-refractivity contribution in [3.63, 3.8) is 0 Å². The summed E-state index contributed by atoms with van der Waals surface area (Å²) in [6.07, 6.45) is 9.89. The molecular formula is C63H43NO. The van der Waals surface area contributed by atoms with Crippen LogP contribution in [0.25, 0.3) is 27.8 Å². The highest BCUT2D eigenvalue weighted by molar-refractivity contribution is 5.94. The van der Waals surface area contributed by atoms with Gasteiger partial charge in [-0.05, 0) is 122 Å². The van der Waals surface area contributed by atoms with Crippen molar-refractivity contribution in [2.75, 3.05) is 4.90 Å². The topological polar surface area (TPSA) is 12.5 Å². The summed E-state index contributed by atoms with van der Waals surface area (Å²) < 4.78 is 6.74. The number of ether oxygens (including phenoxy) is 1. The van der Waals surface area contributed by atoms with Gasteiger partial charge in [0.05, 0.1) is 10.8 Å².